The number of hydrogen-bond donors (Lipinski definition) is 0. The van der Waals surface area contributed by atoms with E-state index in [9.17, 15) is 14.4 Å². The molecule has 0 amide bonds. The molecule has 1 unspecified atom stereocenters. The van der Waals surface area contributed by atoms with Crippen LogP contribution >= 0.6 is 0 Å². The summed E-state index contributed by atoms with van der Waals surface area (Å²) < 4.78 is 16.6. The Hall–Kier alpha value is -4.45. The molecule has 0 radical (unpaired) electrons. The van der Waals surface area contributed by atoms with Gasteiger partial charge < -0.3 is 14.2 Å². The van der Waals surface area contributed by atoms with Gasteiger partial charge in [0.05, 0.1) is 0 Å². The van der Waals surface area contributed by atoms with Gasteiger partial charge >= 0.3 is 17.9 Å². The molecule has 0 aliphatic heterocycles. The van der Waals surface area contributed by atoms with Crippen molar-refractivity contribution in [2.75, 3.05) is 13.2 Å². The Morgan fingerprint density at radius 2 is 0.607 bits per heavy atom. The second kappa shape index (κ2) is 48.2. The third kappa shape index (κ3) is 46.5. The summed E-state index contributed by atoms with van der Waals surface area (Å²) in [6.45, 7) is 6.15. The fraction of sp³-hybridized carbons (Fsp3) is 0.545. The molecule has 0 aromatic rings. The van der Waals surface area contributed by atoms with Crippen molar-refractivity contribution in [3.63, 3.8) is 0 Å². The van der Waals surface area contributed by atoms with E-state index in [0.29, 0.717) is 19.3 Å². The molecule has 6 nitrogen and oxygen atoms in total. The van der Waals surface area contributed by atoms with Crippen LogP contribution in [0.25, 0.3) is 0 Å². The quantitative estimate of drug-likeness (QED) is 0.0265. The van der Waals surface area contributed by atoms with Crippen LogP contribution in [0.2, 0.25) is 0 Å². The molecule has 0 aromatic heterocycles. The summed E-state index contributed by atoms with van der Waals surface area (Å²) >= 11 is 0. The normalized spacial score (nSPS) is 13.3. The molecule has 0 aliphatic carbocycles. The van der Waals surface area contributed by atoms with Gasteiger partial charge in [-0.3, -0.25) is 14.4 Å². The molecule has 61 heavy (non-hydrogen) atoms. The van der Waals surface area contributed by atoms with Crippen molar-refractivity contribution in [3.05, 3.63) is 134 Å². The Bertz CT molecular complexity index is 1380. The van der Waals surface area contributed by atoms with Crippen LogP contribution < -0.4 is 0 Å². The van der Waals surface area contributed by atoms with Crippen LogP contribution in [-0.2, 0) is 28.6 Å². The maximum atomic E-state index is 12.7. The van der Waals surface area contributed by atoms with Crippen molar-refractivity contribution < 1.29 is 28.6 Å². The molecule has 340 valence electrons. The summed E-state index contributed by atoms with van der Waals surface area (Å²) in [6.07, 6.45) is 67.3. The SMILES string of the molecule is CC/C=C\C/C=C\C/C=C\C/C=C\C/C=C\CCCC(=O)OCC(COC(=O)CCCCC/C=C\C/C=C\C/C=C\CC)OC(=O)CCCCC/C=C\C/C=C\C/C=C\CC. The second-order valence-corrected chi connectivity index (χ2v) is 14.9. The number of rotatable bonds is 40. The Kier molecular flexibility index (Phi) is 44.7. The van der Waals surface area contributed by atoms with E-state index >= 15 is 0 Å². The first-order valence-electron chi connectivity index (χ1n) is 23.7. The van der Waals surface area contributed by atoms with Crippen LogP contribution in [0.15, 0.2) is 134 Å². The molecule has 0 aliphatic rings. The van der Waals surface area contributed by atoms with Gasteiger partial charge in [-0.2, -0.15) is 0 Å². The zero-order valence-electron chi connectivity index (χ0n) is 38.6. The molecule has 0 heterocycles. The second-order valence-electron chi connectivity index (χ2n) is 14.9. The topological polar surface area (TPSA) is 78.9 Å². The van der Waals surface area contributed by atoms with Crippen LogP contribution in [0.5, 0.6) is 0 Å². The summed E-state index contributed by atoms with van der Waals surface area (Å²) in [6, 6.07) is 0. The van der Waals surface area contributed by atoms with E-state index in [1.807, 2.05) is 0 Å². The molecule has 1 atom stereocenters. The number of carbonyl (C=O) groups is 3. The van der Waals surface area contributed by atoms with E-state index in [0.717, 1.165) is 122 Å². The van der Waals surface area contributed by atoms with Crippen LogP contribution in [-0.4, -0.2) is 37.2 Å². The van der Waals surface area contributed by atoms with Gasteiger partial charge in [0.2, 0.25) is 0 Å². The molecular weight excluding hydrogens is 757 g/mol. The molecule has 0 bridgehead atoms. The molecule has 0 fully saturated rings. The Labute approximate surface area is 373 Å². The van der Waals surface area contributed by atoms with Gasteiger partial charge in [0, 0.05) is 19.3 Å². The average Bonchev–Trinajstić information content (AvgIpc) is 3.26. The van der Waals surface area contributed by atoms with Crippen molar-refractivity contribution in [1.29, 1.82) is 0 Å². The number of hydrogen-bond acceptors (Lipinski definition) is 6. The minimum Gasteiger partial charge on any atom is -0.462 e. The highest BCUT2D eigenvalue weighted by atomic mass is 16.6. The predicted octanol–water partition coefficient (Wildman–Crippen LogP) is 15.5. The van der Waals surface area contributed by atoms with Gasteiger partial charge in [-0.1, -0.05) is 167 Å². The van der Waals surface area contributed by atoms with E-state index in [1.165, 1.54) is 0 Å². The molecule has 0 rings (SSSR count). The predicted molar refractivity (Wildman–Crippen MR) is 260 cm³/mol. The molecule has 6 heteroatoms. The Balaban J connectivity index is 4.59. The first-order chi connectivity index (χ1) is 30.0. The summed E-state index contributed by atoms with van der Waals surface area (Å²) in [5.41, 5.74) is 0. The van der Waals surface area contributed by atoms with Gasteiger partial charge in [0.15, 0.2) is 6.10 Å². The highest BCUT2D eigenvalue weighted by Crippen LogP contribution is 2.10. The van der Waals surface area contributed by atoms with E-state index in [4.69, 9.17) is 14.2 Å². The summed E-state index contributed by atoms with van der Waals surface area (Å²) in [5.74, 6) is -1.06. The number of unbranched alkanes of at least 4 members (excludes halogenated alkanes) is 7. The maximum absolute atomic E-state index is 12.7. The van der Waals surface area contributed by atoms with E-state index in [1.54, 1.807) is 0 Å². The first kappa shape index (κ1) is 56.5. The van der Waals surface area contributed by atoms with Crippen molar-refractivity contribution in [2.24, 2.45) is 0 Å². The molecule has 0 saturated carbocycles. The fourth-order valence-electron chi connectivity index (χ4n) is 5.68. The smallest absolute Gasteiger partial charge is 0.306 e. The lowest BCUT2D eigenvalue weighted by Gasteiger charge is -2.18. The third-order valence-electron chi connectivity index (χ3n) is 9.13. The summed E-state index contributed by atoms with van der Waals surface area (Å²) in [5, 5.41) is 0. The van der Waals surface area contributed by atoms with Crippen LogP contribution in [0.3, 0.4) is 0 Å². The lowest BCUT2D eigenvalue weighted by Crippen LogP contribution is -2.30. The van der Waals surface area contributed by atoms with Crippen molar-refractivity contribution in [2.45, 2.75) is 181 Å². The Morgan fingerprint density at radius 3 is 0.951 bits per heavy atom. The zero-order chi connectivity index (χ0) is 44.4. The van der Waals surface area contributed by atoms with Crippen molar-refractivity contribution in [3.8, 4) is 0 Å². The number of carbonyl (C=O) groups excluding carboxylic acids is 3. The highest BCUT2D eigenvalue weighted by Gasteiger charge is 2.19. The highest BCUT2D eigenvalue weighted by molar-refractivity contribution is 5.71. The zero-order valence-corrected chi connectivity index (χ0v) is 38.6. The van der Waals surface area contributed by atoms with Crippen molar-refractivity contribution >= 4 is 17.9 Å². The van der Waals surface area contributed by atoms with Gasteiger partial charge in [0.25, 0.3) is 0 Å². The van der Waals surface area contributed by atoms with Crippen LogP contribution in [0, 0.1) is 0 Å². The fourth-order valence-corrected chi connectivity index (χ4v) is 5.68. The minimum atomic E-state index is -0.832. The van der Waals surface area contributed by atoms with Crippen LogP contribution in [0.4, 0.5) is 0 Å². The number of allylic oxidation sites excluding steroid dienone is 22. The summed E-state index contributed by atoms with van der Waals surface area (Å²) in [4.78, 5) is 37.8. The van der Waals surface area contributed by atoms with E-state index in [2.05, 4.69) is 154 Å². The number of ether oxygens (including phenoxy) is 3. The first-order valence-corrected chi connectivity index (χ1v) is 23.7. The lowest BCUT2D eigenvalue weighted by atomic mass is 10.1. The van der Waals surface area contributed by atoms with E-state index < -0.39 is 6.10 Å². The van der Waals surface area contributed by atoms with E-state index in [-0.39, 0.29) is 44.0 Å². The lowest BCUT2D eigenvalue weighted by molar-refractivity contribution is -0.167. The standard InChI is InChI=1S/C55H84O6/c1-4-7-10-13-16-19-22-25-26-27-28-31-33-36-39-42-45-48-54(57)60-51-52(61-55(58)49-46-43-40-37-34-30-24-21-18-15-12-9-6-3)50-59-53(56)47-44-41-38-35-32-29-23-20-17-14-11-8-5-2/h7-12,16-21,25-26,28-32,34,36,39,52H,4-6,13-15,22-24,27,33,35,37-38,40-51H2,1-3H3/b10-7-,11-8-,12-9-,19-16-,20-17-,21-18-,26-25-,31-28-,32-29-,34-30-,39-36-. The maximum Gasteiger partial charge on any atom is 0.306 e. The monoisotopic (exact) mass is 841 g/mol. The summed E-state index contributed by atoms with van der Waals surface area (Å²) in [7, 11) is 0. The van der Waals surface area contributed by atoms with Gasteiger partial charge in [-0.05, 0) is 122 Å². The molecule has 0 spiro atoms. The molecule has 0 aromatic carbocycles. The van der Waals surface area contributed by atoms with Crippen molar-refractivity contribution in [1.82, 2.24) is 0 Å². The van der Waals surface area contributed by atoms with Gasteiger partial charge in [0.1, 0.15) is 13.2 Å². The minimum absolute atomic E-state index is 0.128. The molecule has 0 N–H and O–H groups in total. The van der Waals surface area contributed by atoms with Gasteiger partial charge in [-0.15, -0.1) is 0 Å². The molecular formula is C55H84O6. The molecule has 0 saturated heterocycles. The van der Waals surface area contributed by atoms with Gasteiger partial charge in [-0.25, -0.2) is 0 Å². The Morgan fingerprint density at radius 1 is 0.328 bits per heavy atom. The van der Waals surface area contributed by atoms with Crippen LogP contribution in [0.1, 0.15) is 175 Å². The largest absolute Gasteiger partial charge is 0.462 e. The third-order valence-corrected chi connectivity index (χ3v) is 9.13. The number of esters is 3. The average molecular weight is 841 g/mol.